The minimum atomic E-state index is -0.305. The summed E-state index contributed by atoms with van der Waals surface area (Å²) in [5.74, 6) is 3.67. The van der Waals surface area contributed by atoms with E-state index in [2.05, 4.69) is 21.1 Å². The second kappa shape index (κ2) is 7.03. The maximum atomic E-state index is 12.3. The van der Waals surface area contributed by atoms with Crippen molar-refractivity contribution in [2.75, 3.05) is 33.2 Å². The van der Waals surface area contributed by atoms with Crippen LogP contribution in [0.25, 0.3) is 11.5 Å². The molecule has 3 heterocycles. The van der Waals surface area contributed by atoms with Gasteiger partial charge in [-0.15, -0.1) is 22.5 Å². The smallest absolute Gasteiger partial charge is 0.249 e. The average Bonchev–Trinajstić information content (AvgIpc) is 3.08. The molecule has 0 spiro atoms. The van der Waals surface area contributed by atoms with E-state index in [1.165, 1.54) is 0 Å². The molecule has 0 bridgehead atoms. The number of rotatable bonds is 6. The van der Waals surface area contributed by atoms with Crippen LogP contribution in [0.1, 0.15) is 19.2 Å². The molecule has 0 unspecified atom stereocenters. The Bertz CT molecular complexity index is 774. The van der Waals surface area contributed by atoms with E-state index in [1.807, 2.05) is 31.0 Å². The maximum Gasteiger partial charge on any atom is 0.249 e. The minimum Gasteiger partial charge on any atom is -0.420 e. The van der Waals surface area contributed by atoms with E-state index in [4.69, 9.17) is 10.8 Å². The highest BCUT2D eigenvalue weighted by atomic mass is 16.4. The molecule has 2 aromatic heterocycles. The Morgan fingerprint density at radius 3 is 2.96 bits per heavy atom. The van der Waals surface area contributed by atoms with Gasteiger partial charge in [0.2, 0.25) is 17.7 Å². The van der Waals surface area contributed by atoms with Gasteiger partial charge in [0.1, 0.15) is 0 Å². The summed E-state index contributed by atoms with van der Waals surface area (Å²) in [5.41, 5.74) is 0.479. The number of amides is 1. The van der Waals surface area contributed by atoms with Gasteiger partial charge >= 0.3 is 0 Å². The molecule has 1 amide bonds. The summed E-state index contributed by atoms with van der Waals surface area (Å²) in [6, 6.07) is 3.69. The second-order valence-electron chi connectivity index (χ2n) is 6.66. The highest BCUT2D eigenvalue weighted by molar-refractivity contribution is 5.79. The molecule has 0 radical (unpaired) electrons. The fourth-order valence-corrected chi connectivity index (χ4v) is 2.85. The number of hydrogen-bond donors (Lipinski definition) is 0. The zero-order valence-corrected chi connectivity index (χ0v) is 14.5. The molecule has 0 N–H and O–H groups in total. The van der Waals surface area contributed by atoms with Gasteiger partial charge in [0.15, 0.2) is 0 Å². The predicted molar refractivity (Wildman–Crippen MR) is 92.4 cm³/mol. The lowest BCUT2D eigenvalue weighted by Gasteiger charge is -2.46. The molecule has 1 saturated heterocycles. The zero-order chi connectivity index (χ0) is 17.9. The minimum absolute atomic E-state index is 0.0870. The summed E-state index contributed by atoms with van der Waals surface area (Å²) >= 11 is 0. The zero-order valence-electron chi connectivity index (χ0n) is 14.5. The van der Waals surface area contributed by atoms with Gasteiger partial charge in [-0.05, 0) is 26.1 Å². The van der Waals surface area contributed by atoms with Crippen molar-refractivity contribution >= 4 is 5.91 Å². The summed E-state index contributed by atoms with van der Waals surface area (Å²) < 4.78 is 5.81. The van der Waals surface area contributed by atoms with Crippen molar-refractivity contribution in [3.8, 4) is 23.8 Å². The fourth-order valence-electron chi connectivity index (χ4n) is 2.85. The van der Waals surface area contributed by atoms with E-state index in [0.29, 0.717) is 44.4 Å². The van der Waals surface area contributed by atoms with Crippen LogP contribution in [-0.2, 0) is 10.2 Å². The Kier molecular flexibility index (Phi) is 4.81. The van der Waals surface area contributed by atoms with E-state index in [-0.39, 0.29) is 11.3 Å². The van der Waals surface area contributed by atoms with Crippen LogP contribution in [-0.4, -0.2) is 64.1 Å². The number of nitrogens with zero attached hydrogens (tertiary/aromatic N) is 5. The number of carbonyl (C=O) groups excluding carboxylic acids is 1. The first-order chi connectivity index (χ1) is 12.0. The van der Waals surface area contributed by atoms with E-state index < -0.39 is 0 Å². The molecule has 1 aliphatic heterocycles. The Morgan fingerprint density at radius 2 is 2.28 bits per heavy atom. The Hall–Kier alpha value is -2.72. The van der Waals surface area contributed by atoms with E-state index in [1.54, 1.807) is 17.3 Å². The number of terminal acetylenes is 1. The molecule has 3 rings (SSSR count). The van der Waals surface area contributed by atoms with Crippen molar-refractivity contribution in [1.82, 2.24) is 25.0 Å². The van der Waals surface area contributed by atoms with Crippen molar-refractivity contribution in [3.63, 3.8) is 0 Å². The lowest BCUT2D eigenvalue weighted by atomic mass is 9.81. The van der Waals surface area contributed by atoms with Gasteiger partial charge < -0.3 is 9.32 Å². The van der Waals surface area contributed by atoms with Crippen molar-refractivity contribution in [2.45, 2.75) is 18.8 Å². The number of aromatic nitrogens is 3. The average molecular weight is 339 g/mol. The van der Waals surface area contributed by atoms with Gasteiger partial charge in [-0.2, -0.15) is 0 Å². The first-order valence-corrected chi connectivity index (χ1v) is 8.16. The molecule has 0 aliphatic carbocycles. The van der Waals surface area contributed by atoms with Crippen LogP contribution in [0.3, 0.4) is 0 Å². The van der Waals surface area contributed by atoms with Crippen LogP contribution < -0.4 is 0 Å². The van der Waals surface area contributed by atoms with Crippen LogP contribution >= 0.6 is 0 Å². The molecule has 130 valence electrons. The summed E-state index contributed by atoms with van der Waals surface area (Å²) in [7, 11) is 1.90. The summed E-state index contributed by atoms with van der Waals surface area (Å²) in [5, 5.41) is 8.27. The first kappa shape index (κ1) is 17.1. The molecule has 1 aliphatic rings. The Balaban J connectivity index is 1.58. The van der Waals surface area contributed by atoms with Gasteiger partial charge in [0.25, 0.3) is 0 Å². The monoisotopic (exact) mass is 339 g/mol. The fraction of sp³-hybridized carbons (Fsp3) is 0.444. The molecular weight excluding hydrogens is 318 g/mol. The highest BCUT2D eigenvalue weighted by Gasteiger charge is 2.46. The Labute approximate surface area is 147 Å². The molecule has 2 aromatic rings. The second-order valence-corrected chi connectivity index (χ2v) is 6.66. The third kappa shape index (κ3) is 3.69. The van der Waals surface area contributed by atoms with Gasteiger partial charge in [-0.3, -0.25) is 14.7 Å². The van der Waals surface area contributed by atoms with Crippen LogP contribution in [0.5, 0.6) is 0 Å². The van der Waals surface area contributed by atoms with Gasteiger partial charge in [0.05, 0.1) is 17.5 Å². The van der Waals surface area contributed by atoms with Crippen LogP contribution in [0.2, 0.25) is 0 Å². The van der Waals surface area contributed by atoms with Crippen molar-refractivity contribution in [3.05, 3.63) is 30.4 Å². The lowest BCUT2D eigenvalue weighted by molar-refractivity contribution is -0.140. The number of carbonyl (C=O) groups is 1. The number of likely N-dealkylation sites (N-methyl/N-ethyl adjacent to an activating group) is 1. The number of pyridine rings is 1. The molecule has 0 atom stereocenters. The summed E-state index contributed by atoms with van der Waals surface area (Å²) in [6.45, 7) is 4.25. The largest absolute Gasteiger partial charge is 0.420 e. The molecule has 25 heavy (non-hydrogen) atoms. The SMILES string of the molecule is C#CCCN(C)CC(=O)N1CC(C)(c2nnc(-c3cccnc3)o2)C1. The van der Waals surface area contributed by atoms with E-state index in [9.17, 15) is 4.79 Å². The van der Waals surface area contributed by atoms with Crippen molar-refractivity contribution in [2.24, 2.45) is 0 Å². The predicted octanol–water partition coefficient (Wildman–Crippen LogP) is 1.19. The van der Waals surface area contributed by atoms with Gasteiger partial charge in [-0.1, -0.05) is 0 Å². The quantitative estimate of drug-likeness (QED) is 0.736. The van der Waals surface area contributed by atoms with Crippen LogP contribution in [0, 0.1) is 12.3 Å². The summed E-state index contributed by atoms with van der Waals surface area (Å²) in [6.07, 6.45) is 9.26. The van der Waals surface area contributed by atoms with Crippen molar-refractivity contribution in [1.29, 1.82) is 0 Å². The Morgan fingerprint density at radius 1 is 1.48 bits per heavy atom. The van der Waals surface area contributed by atoms with Gasteiger partial charge in [0, 0.05) is 38.4 Å². The molecule has 1 fully saturated rings. The first-order valence-electron chi connectivity index (χ1n) is 8.16. The van der Waals surface area contributed by atoms with Crippen LogP contribution in [0.15, 0.2) is 28.9 Å². The topological polar surface area (TPSA) is 75.4 Å². The molecule has 0 aromatic carbocycles. The normalized spacial score (nSPS) is 15.7. The van der Waals surface area contributed by atoms with Crippen molar-refractivity contribution < 1.29 is 9.21 Å². The summed E-state index contributed by atoms with van der Waals surface area (Å²) in [4.78, 5) is 20.1. The molecule has 7 heteroatoms. The molecular formula is C18H21N5O2. The molecule has 0 saturated carbocycles. The molecule has 7 nitrogen and oxygen atoms in total. The number of likely N-dealkylation sites (tertiary alicyclic amines) is 1. The maximum absolute atomic E-state index is 12.3. The van der Waals surface area contributed by atoms with Crippen LogP contribution in [0.4, 0.5) is 0 Å². The highest BCUT2D eigenvalue weighted by Crippen LogP contribution is 2.34. The van der Waals surface area contributed by atoms with E-state index in [0.717, 1.165) is 5.56 Å². The number of hydrogen-bond acceptors (Lipinski definition) is 6. The standard InChI is InChI=1S/C18H21N5O2/c1-4-5-9-22(3)11-15(24)23-12-18(2,13-23)17-21-20-16(25-17)14-7-6-8-19-10-14/h1,6-8,10H,5,9,11-13H2,2-3H3. The van der Waals surface area contributed by atoms with Gasteiger partial charge in [-0.25, -0.2) is 0 Å². The lowest BCUT2D eigenvalue weighted by Crippen LogP contribution is -2.61. The third-order valence-corrected chi connectivity index (χ3v) is 4.33. The third-order valence-electron chi connectivity index (χ3n) is 4.33. The van der Waals surface area contributed by atoms with E-state index >= 15 is 0 Å².